The van der Waals surface area contributed by atoms with Crippen molar-refractivity contribution in [2.45, 2.75) is 52.0 Å². The molecule has 2 aliphatic rings. The Morgan fingerprint density at radius 3 is 2.52 bits per heavy atom. The maximum Gasteiger partial charge on any atom is 0.137 e. The highest BCUT2D eigenvalue weighted by Gasteiger charge is 2.53. The van der Waals surface area contributed by atoms with Gasteiger partial charge in [0, 0.05) is 12.1 Å². The number of benzene rings is 1. The van der Waals surface area contributed by atoms with Crippen LogP contribution in [0.2, 0.25) is 0 Å². The van der Waals surface area contributed by atoms with Gasteiger partial charge in [-0.25, -0.2) is 4.39 Å². The molecule has 0 bridgehead atoms. The van der Waals surface area contributed by atoms with Gasteiger partial charge in [0.15, 0.2) is 0 Å². The molecule has 0 amide bonds. The second kappa shape index (κ2) is 5.34. The Hall–Kier alpha value is -0.410. The SMILES string of the molecule is CC(C)(C)NCC1(Cc2ccc(F)c(Br)c2)CC2CC2C1. The van der Waals surface area contributed by atoms with Gasteiger partial charge in [0.05, 0.1) is 4.47 Å². The summed E-state index contributed by atoms with van der Waals surface area (Å²) in [6.07, 6.45) is 5.15. The zero-order valence-electron chi connectivity index (χ0n) is 13.2. The van der Waals surface area contributed by atoms with E-state index >= 15 is 0 Å². The van der Waals surface area contributed by atoms with Crippen molar-refractivity contribution >= 4 is 15.9 Å². The van der Waals surface area contributed by atoms with E-state index in [2.05, 4.69) is 42.0 Å². The number of halogens is 2. The Morgan fingerprint density at radius 2 is 1.95 bits per heavy atom. The largest absolute Gasteiger partial charge is 0.312 e. The fourth-order valence-electron chi connectivity index (χ4n) is 3.89. The van der Waals surface area contributed by atoms with Crippen molar-refractivity contribution in [3.8, 4) is 0 Å². The number of fused-ring (bicyclic) bond motifs is 1. The van der Waals surface area contributed by atoms with Crippen molar-refractivity contribution in [2.75, 3.05) is 6.54 Å². The molecule has 21 heavy (non-hydrogen) atoms. The third-order valence-electron chi connectivity index (χ3n) is 5.02. The summed E-state index contributed by atoms with van der Waals surface area (Å²) in [5, 5.41) is 3.71. The summed E-state index contributed by atoms with van der Waals surface area (Å²) in [5.41, 5.74) is 1.77. The summed E-state index contributed by atoms with van der Waals surface area (Å²) in [6, 6.07) is 5.49. The lowest BCUT2D eigenvalue weighted by Crippen LogP contribution is -2.44. The van der Waals surface area contributed by atoms with Gasteiger partial charge >= 0.3 is 0 Å². The first-order chi connectivity index (χ1) is 9.76. The Bertz CT molecular complexity index is 525. The third kappa shape index (κ3) is 3.68. The first-order valence-corrected chi connectivity index (χ1v) is 8.75. The molecule has 1 aromatic rings. The Labute approximate surface area is 135 Å². The van der Waals surface area contributed by atoms with Crippen molar-refractivity contribution in [1.82, 2.24) is 5.32 Å². The predicted molar refractivity (Wildman–Crippen MR) is 88.8 cm³/mol. The van der Waals surface area contributed by atoms with Crippen LogP contribution < -0.4 is 5.32 Å². The zero-order valence-corrected chi connectivity index (χ0v) is 14.8. The molecule has 2 fully saturated rings. The number of rotatable bonds is 4. The maximum absolute atomic E-state index is 13.4. The molecule has 1 aromatic carbocycles. The Kier molecular flexibility index (Phi) is 3.94. The van der Waals surface area contributed by atoms with E-state index in [9.17, 15) is 4.39 Å². The molecule has 3 heteroatoms. The predicted octanol–water partition coefficient (Wildman–Crippen LogP) is 4.94. The lowest BCUT2D eigenvalue weighted by Gasteiger charge is -2.35. The lowest BCUT2D eigenvalue weighted by atomic mass is 9.77. The van der Waals surface area contributed by atoms with Crippen LogP contribution in [0, 0.1) is 23.1 Å². The van der Waals surface area contributed by atoms with E-state index in [1.54, 1.807) is 6.07 Å². The highest BCUT2D eigenvalue weighted by molar-refractivity contribution is 9.10. The fourth-order valence-corrected chi connectivity index (χ4v) is 4.32. The van der Waals surface area contributed by atoms with E-state index in [0.717, 1.165) is 24.8 Å². The van der Waals surface area contributed by atoms with Gasteiger partial charge in [0.2, 0.25) is 0 Å². The zero-order chi connectivity index (χ0) is 15.3. The molecular formula is C18H25BrFN. The summed E-state index contributed by atoms with van der Waals surface area (Å²) in [6.45, 7) is 7.75. The average Bonchev–Trinajstić information content (AvgIpc) is 2.99. The fraction of sp³-hybridized carbons (Fsp3) is 0.667. The molecule has 2 saturated carbocycles. The van der Waals surface area contributed by atoms with Crippen LogP contribution in [-0.4, -0.2) is 12.1 Å². The normalized spacial score (nSPS) is 31.3. The summed E-state index contributed by atoms with van der Waals surface area (Å²) in [5.74, 6) is 1.74. The van der Waals surface area contributed by atoms with Crippen LogP contribution in [0.3, 0.4) is 0 Å². The monoisotopic (exact) mass is 353 g/mol. The van der Waals surface area contributed by atoms with Crippen LogP contribution in [0.1, 0.15) is 45.6 Å². The van der Waals surface area contributed by atoms with Crippen molar-refractivity contribution in [3.05, 3.63) is 34.1 Å². The minimum atomic E-state index is -0.171. The van der Waals surface area contributed by atoms with Gasteiger partial charge in [-0.3, -0.25) is 0 Å². The van der Waals surface area contributed by atoms with Crippen LogP contribution in [0.4, 0.5) is 4.39 Å². The van der Waals surface area contributed by atoms with Gasteiger partial charge in [0.25, 0.3) is 0 Å². The van der Waals surface area contributed by atoms with Crippen molar-refractivity contribution in [1.29, 1.82) is 0 Å². The summed E-state index contributed by atoms with van der Waals surface area (Å²) < 4.78 is 14.0. The van der Waals surface area contributed by atoms with E-state index in [0.29, 0.717) is 9.89 Å². The quantitative estimate of drug-likeness (QED) is 0.808. The molecule has 2 atom stereocenters. The molecule has 0 saturated heterocycles. The van der Waals surface area contributed by atoms with E-state index in [-0.39, 0.29) is 11.4 Å². The Balaban J connectivity index is 1.74. The molecule has 0 aromatic heterocycles. The van der Waals surface area contributed by atoms with E-state index in [4.69, 9.17) is 0 Å². The first-order valence-electron chi connectivity index (χ1n) is 7.95. The van der Waals surface area contributed by atoms with Crippen LogP contribution in [-0.2, 0) is 6.42 Å². The molecule has 2 aliphatic carbocycles. The summed E-state index contributed by atoms with van der Waals surface area (Å²) >= 11 is 3.31. The van der Waals surface area contributed by atoms with Gasteiger partial charge < -0.3 is 5.32 Å². The minimum Gasteiger partial charge on any atom is -0.312 e. The number of hydrogen-bond acceptors (Lipinski definition) is 1. The maximum atomic E-state index is 13.4. The highest BCUT2D eigenvalue weighted by Crippen LogP contribution is 2.60. The van der Waals surface area contributed by atoms with Gasteiger partial charge in [-0.05, 0) is 97.3 Å². The molecule has 2 unspecified atom stereocenters. The van der Waals surface area contributed by atoms with Crippen LogP contribution in [0.5, 0.6) is 0 Å². The van der Waals surface area contributed by atoms with Crippen molar-refractivity contribution in [3.63, 3.8) is 0 Å². The average molecular weight is 354 g/mol. The number of hydrogen-bond donors (Lipinski definition) is 1. The minimum absolute atomic E-state index is 0.156. The van der Waals surface area contributed by atoms with Gasteiger partial charge in [-0.2, -0.15) is 0 Å². The third-order valence-corrected chi connectivity index (χ3v) is 5.62. The molecule has 0 aliphatic heterocycles. The lowest BCUT2D eigenvalue weighted by molar-refractivity contribution is 0.222. The topological polar surface area (TPSA) is 12.0 Å². The first kappa shape index (κ1) is 15.5. The highest BCUT2D eigenvalue weighted by atomic mass is 79.9. The standard InChI is InChI=1S/C18H25BrFN/c1-17(2,3)21-11-18(9-13-7-14(13)10-18)8-12-4-5-16(20)15(19)6-12/h4-6,13-14,21H,7-11H2,1-3H3. The van der Waals surface area contributed by atoms with E-state index < -0.39 is 0 Å². The molecule has 3 rings (SSSR count). The molecule has 0 radical (unpaired) electrons. The Morgan fingerprint density at radius 1 is 1.29 bits per heavy atom. The van der Waals surface area contributed by atoms with Crippen molar-refractivity contribution < 1.29 is 4.39 Å². The molecule has 1 N–H and O–H groups in total. The molecule has 116 valence electrons. The molecular weight excluding hydrogens is 329 g/mol. The van der Waals surface area contributed by atoms with E-state index in [1.807, 2.05) is 12.1 Å². The van der Waals surface area contributed by atoms with Crippen LogP contribution >= 0.6 is 15.9 Å². The van der Waals surface area contributed by atoms with Gasteiger partial charge in [-0.15, -0.1) is 0 Å². The smallest absolute Gasteiger partial charge is 0.137 e. The second-order valence-electron chi connectivity index (χ2n) is 8.19. The summed E-state index contributed by atoms with van der Waals surface area (Å²) in [4.78, 5) is 0. The van der Waals surface area contributed by atoms with E-state index in [1.165, 1.54) is 24.8 Å². The summed E-state index contributed by atoms with van der Waals surface area (Å²) in [7, 11) is 0. The molecule has 1 nitrogen and oxygen atoms in total. The van der Waals surface area contributed by atoms with Crippen molar-refractivity contribution in [2.24, 2.45) is 17.3 Å². The second-order valence-corrected chi connectivity index (χ2v) is 9.05. The van der Waals surface area contributed by atoms with Crippen LogP contribution in [0.15, 0.2) is 22.7 Å². The number of nitrogens with one attached hydrogen (secondary N) is 1. The molecule has 0 heterocycles. The van der Waals surface area contributed by atoms with Crippen LogP contribution in [0.25, 0.3) is 0 Å². The van der Waals surface area contributed by atoms with Gasteiger partial charge in [0.1, 0.15) is 5.82 Å². The van der Waals surface area contributed by atoms with Gasteiger partial charge in [-0.1, -0.05) is 6.07 Å². The molecule has 0 spiro atoms.